The molecule has 0 saturated heterocycles. The number of hydrogen-bond acceptors (Lipinski definition) is 2. The van der Waals surface area contributed by atoms with E-state index in [1.165, 1.54) is 11.1 Å². The van der Waals surface area contributed by atoms with Gasteiger partial charge in [0.25, 0.3) is 5.91 Å². The fourth-order valence-corrected chi connectivity index (χ4v) is 2.09. The van der Waals surface area contributed by atoms with E-state index in [1.54, 1.807) is 0 Å². The summed E-state index contributed by atoms with van der Waals surface area (Å²) < 4.78 is 0. The maximum Gasteiger partial charge on any atom is 0.251 e. The molecule has 3 nitrogen and oxygen atoms in total. The molecule has 0 unspecified atom stereocenters. The van der Waals surface area contributed by atoms with E-state index >= 15 is 0 Å². The molecule has 0 radical (unpaired) electrons. The van der Waals surface area contributed by atoms with Crippen molar-refractivity contribution in [2.24, 2.45) is 0 Å². The lowest BCUT2D eigenvalue weighted by Gasteiger charge is -2.08. The summed E-state index contributed by atoms with van der Waals surface area (Å²) in [4.78, 5) is 12.0. The Balaban J connectivity index is 1.87. The van der Waals surface area contributed by atoms with Crippen molar-refractivity contribution in [1.29, 1.82) is 0 Å². The van der Waals surface area contributed by atoms with Gasteiger partial charge in [-0.1, -0.05) is 24.3 Å². The van der Waals surface area contributed by atoms with Gasteiger partial charge in [0.05, 0.1) is 0 Å². The van der Waals surface area contributed by atoms with Gasteiger partial charge in [-0.2, -0.15) is 0 Å². The van der Waals surface area contributed by atoms with Crippen LogP contribution in [0, 0.1) is 6.92 Å². The Hall–Kier alpha value is -2.29. The number of nitrogens with one attached hydrogen (secondary N) is 2. The van der Waals surface area contributed by atoms with Gasteiger partial charge in [0.15, 0.2) is 0 Å². The summed E-state index contributed by atoms with van der Waals surface area (Å²) in [5.41, 5.74) is 4.23. The third-order valence-electron chi connectivity index (χ3n) is 3.38. The van der Waals surface area contributed by atoms with Crippen molar-refractivity contribution in [3.63, 3.8) is 0 Å². The fourth-order valence-electron chi connectivity index (χ4n) is 2.09. The predicted octanol–water partition coefficient (Wildman–Crippen LogP) is 3.01. The molecule has 0 aliphatic carbocycles. The van der Waals surface area contributed by atoms with E-state index in [2.05, 4.69) is 29.7 Å². The molecule has 2 N–H and O–H groups in total. The molecule has 0 bridgehead atoms. The second kappa shape index (κ2) is 6.75. The number of carbonyl (C=O) groups excluding carboxylic acids is 1. The quantitative estimate of drug-likeness (QED) is 0.875. The minimum absolute atomic E-state index is 0.0266. The number of amides is 1. The number of carbonyl (C=O) groups is 1. The second-order valence-corrected chi connectivity index (χ2v) is 4.76. The van der Waals surface area contributed by atoms with Gasteiger partial charge in [-0.25, -0.2) is 0 Å². The van der Waals surface area contributed by atoms with Crippen LogP contribution in [0.5, 0.6) is 0 Å². The highest BCUT2D eigenvalue weighted by molar-refractivity contribution is 5.94. The molecular weight excluding hydrogens is 248 g/mol. The molecule has 0 aliphatic rings. The molecule has 2 aromatic carbocycles. The van der Waals surface area contributed by atoms with E-state index in [1.807, 2.05) is 43.4 Å². The van der Waals surface area contributed by atoms with Gasteiger partial charge in [-0.15, -0.1) is 0 Å². The molecule has 3 heteroatoms. The van der Waals surface area contributed by atoms with E-state index in [0.29, 0.717) is 12.1 Å². The largest absolute Gasteiger partial charge is 0.388 e. The summed E-state index contributed by atoms with van der Waals surface area (Å²) in [7, 11) is 1.86. The lowest BCUT2D eigenvalue weighted by atomic mass is 10.1. The molecule has 0 fully saturated rings. The maximum absolute atomic E-state index is 12.0. The molecule has 2 rings (SSSR count). The highest BCUT2D eigenvalue weighted by atomic mass is 16.1. The first kappa shape index (κ1) is 14.1. The fraction of sp³-hybridized carbons (Fsp3) is 0.235. The normalized spacial score (nSPS) is 10.1. The van der Waals surface area contributed by atoms with Crippen LogP contribution in [0.3, 0.4) is 0 Å². The zero-order valence-electron chi connectivity index (χ0n) is 11.9. The molecular formula is C17H20N2O. The van der Waals surface area contributed by atoms with Crippen LogP contribution in [0.15, 0.2) is 48.5 Å². The monoisotopic (exact) mass is 268 g/mol. The molecule has 20 heavy (non-hydrogen) atoms. The summed E-state index contributed by atoms with van der Waals surface area (Å²) in [6, 6.07) is 15.7. The first-order chi connectivity index (χ1) is 9.70. The van der Waals surface area contributed by atoms with Crippen LogP contribution in [0.4, 0.5) is 5.69 Å². The van der Waals surface area contributed by atoms with E-state index in [9.17, 15) is 4.79 Å². The summed E-state index contributed by atoms with van der Waals surface area (Å²) in [6.45, 7) is 2.74. The number of hydrogen-bond donors (Lipinski definition) is 2. The van der Waals surface area contributed by atoms with Crippen LogP contribution in [-0.4, -0.2) is 19.5 Å². The van der Waals surface area contributed by atoms with Gasteiger partial charge in [0.1, 0.15) is 0 Å². The second-order valence-electron chi connectivity index (χ2n) is 4.76. The van der Waals surface area contributed by atoms with Crippen molar-refractivity contribution in [3.05, 3.63) is 65.2 Å². The molecule has 0 saturated carbocycles. The minimum atomic E-state index is -0.0266. The Bertz CT molecular complexity index is 576. The van der Waals surface area contributed by atoms with Crippen molar-refractivity contribution >= 4 is 11.6 Å². The molecule has 0 atom stereocenters. The minimum Gasteiger partial charge on any atom is -0.388 e. The average Bonchev–Trinajstić information content (AvgIpc) is 2.49. The van der Waals surface area contributed by atoms with Crippen LogP contribution >= 0.6 is 0 Å². The highest BCUT2D eigenvalue weighted by Crippen LogP contribution is 2.09. The highest BCUT2D eigenvalue weighted by Gasteiger charge is 2.05. The third kappa shape index (κ3) is 3.60. The number of anilines is 1. The standard InChI is InChI=1S/C17H20N2O/c1-13-5-3-4-6-14(13)11-12-19-17(20)15-7-9-16(18-2)10-8-15/h3-10,18H,11-12H2,1-2H3,(H,19,20). The summed E-state index contributed by atoms with van der Waals surface area (Å²) >= 11 is 0. The molecule has 0 aliphatic heterocycles. The van der Waals surface area contributed by atoms with Crippen molar-refractivity contribution in [2.45, 2.75) is 13.3 Å². The lowest BCUT2D eigenvalue weighted by molar-refractivity contribution is 0.0954. The Kier molecular flexibility index (Phi) is 4.77. The Morgan fingerprint density at radius 2 is 1.75 bits per heavy atom. The number of rotatable bonds is 5. The number of aryl methyl sites for hydroxylation is 1. The smallest absolute Gasteiger partial charge is 0.251 e. The SMILES string of the molecule is CNc1ccc(C(=O)NCCc2ccccc2C)cc1. The van der Waals surface area contributed by atoms with Crippen molar-refractivity contribution in [1.82, 2.24) is 5.32 Å². The van der Waals surface area contributed by atoms with Crippen LogP contribution in [0.2, 0.25) is 0 Å². The van der Waals surface area contributed by atoms with Crippen LogP contribution in [-0.2, 0) is 6.42 Å². The topological polar surface area (TPSA) is 41.1 Å². The first-order valence-electron chi connectivity index (χ1n) is 6.81. The van der Waals surface area contributed by atoms with Crippen LogP contribution < -0.4 is 10.6 Å². The van der Waals surface area contributed by atoms with Gasteiger partial charge < -0.3 is 10.6 Å². The predicted molar refractivity (Wildman–Crippen MR) is 83.2 cm³/mol. The molecule has 0 heterocycles. The zero-order valence-corrected chi connectivity index (χ0v) is 11.9. The maximum atomic E-state index is 12.0. The van der Waals surface area contributed by atoms with Gasteiger partial charge in [-0.3, -0.25) is 4.79 Å². The summed E-state index contributed by atoms with van der Waals surface area (Å²) in [5, 5.41) is 5.99. The number of benzene rings is 2. The molecule has 1 amide bonds. The van der Waals surface area contributed by atoms with Crippen molar-refractivity contribution in [3.8, 4) is 0 Å². The van der Waals surface area contributed by atoms with Gasteiger partial charge in [0.2, 0.25) is 0 Å². The van der Waals surface area contributed by atoms with E-state index in [0.717, 1.165) is 12.1 Å². The average molecular weight is 268 g/mol. The lowest BCUT2D eigenvalue weighted by Crippen LogP contribution is -2.25. The van der Waals surface area contributed by atoms with Gasteiger partial charge >= 0.3 is 0 Å². The van der Waals surface area contributed by atoms with Gasteiger partial charge in [0, 0.05) is 24.8 Å². The Labute approximate surface area is 120 Å². The van der Waals surface area contributed by atoms with E-state index in [-0.39, 0.29) is 5.91 Å². The Morgan fingerprint density at radius 1 is 1.05 bits per heavy atom. The first-order valence-corrected chi connectivity index (χ1v) is 6.81. The zero-order chi connectivity index (χ0) is 14.4. The van der Waals surface area contributed by atoms with E-state index < -0.39 is 0 Å². The molecule has 0 aromatic heterocycles. The summed E-state index contributed by atoms with van der Waals surface area (Å²) in [5.74, 6) is -0.0266. The van der Waals surface area contributed by atoms with Crippen LogP contribution in [0.25, 0.3) is 0 Å². The van der Waals surface area contributed by atoms with Crippen molar-refractivity contribution < 1.29 is 4.79 Å². The molecule has 104 valence electrons. The van der Waals surface area contributed by atoms with E-state index in [4.69, 9.17) is 0 Å². The van der Waals surface area contributed by atoms with Crippen molar-refractivity contribution in [2.75, 3.05) is 18.9 Å². The van der Waals surface area contributed by atoms with Gasteiger partial charge in [-0.05, 0) is 48.7 Å². The van der Waals surface area contributed by atoms with Crippen LogP contribution in [0.1, 0.15) is 21.5 Å². The summed E-state index contributed by atoms with van der Waals surface area (Å²) in [6.07, 6.45) is 0.854. The molecule has 0 spiro atoms. The molecule has 2 aromatic rings. The third-order valence-corrected chi connectivity index (χ3v) is 3.38. The Morgan fingerprint density at radius 3 is 2.40 bits per heavy atom.